The van der Waals surface area contributed by atoms with Gasteiger partial charge in [0.1, 0.15) is 0 Å². The summed E-state index contributed by atoms with van der Waals surface area (Å²) in [4.78, 5) is 4.27. The Bertz CT molecular complexity index is 1890. The molecular weight excluding hydrogens is 462 g/mol. The Hall–Kier alpha value is -5.15. The van der Waals surface area contributed by atoms with Crippen LogP contribution in [-0.2, 0) is 0 Å². The van der Waals surface area contributed by atoms with Crippen LogP contribution < -0.4 is 0 Å². The zero-order chi connectivity index (χ0) is 25.1. The maximum atomic E-state index is 4.27. The van der Waals surface area contributed by atoms with Crippen molar-refractivity contribution in [3.05, 3.63) is 140 Å². The van der Waals surface area contributed by atoms with E-state index in [2.05, 4.69) is 142 Å². The summed E-state index contributed by atoms with van der Waals surface area (Å²) in [7, 11) is 0. The summed E-state index contributed by atoms with van der Waals surface area (Å²) >= 11 is 0. The third-order valence-electron chi connectivity index (χ3n) is 7.59. The highest BCUT2D eigenvalue weighted by atomic mass is 15.0. The molecule has 0 aliphatic heterocycles. The van der Waals surface area contributed by atoms with Gasteiger partial charge in [0, 0.05) is 45.3 Å². The highest BCUT2D eigenvalue weighted by Crippen LogP contribution is 2.37. The maximum Gasteiger partial charge on any atom is 0.0541 e. The molecule has 3 nitrogen and oxygen atoms in total. The Morgan fingerprint density at radius 2 is 0.737 bits per heavy atom. The van der Waals surface area contributed by atoms with Crippen LogP contribution in [0.15, 0.2) is 140 Å². The molecule has 0 aliphatic carbocycles. The van der Waals surface area contributed by atoms with Crippen LogP contribution in [0.25, 0.3) is 66.1 Å². The fourth-order valence-corrected chi connectivity index (χ4v) is 5.97. The fraction of sp³-hybridized carbons (Fsp3) is 0. The minimum atomic E-state index is 1.13. The molecule has 0 amide bonds. The highest BCUT2D eigenvalue weighted by molar-refractivity contribution is 6.10. The number of nitrogens with zero attached hydrogens (tertiary/aromatic N) is 3. The zero-order valence-electron chi connectivity index (χ0n) is 20.6. The van der Waals surface area contributed by atoms with Crippen molar-refractivity contribution in [2.75, 3.05) is 0 Å². The Morgan fingerprint density at radius 1 is 0.368 bits per heavy atom. The normalized spacial score (nSPS) is 11.7. The molecule has 0 unspecified atom stereocenters. The number of aromatic nitrogens is 3. The molecule has 8 aromatic rings. The van der Waals surface area contributed by atoms with Gasteiger partial charge in [0.15, 0.2) is 0 Å². The number of rotatable bonds is 3. The minimum absolute atomic E-state index is 1.13. The van der Waals surface area contributed by atoms with E-state index >= 15 is 0 Å². The lowest BCUT2D eigenvalue weighted by Gasteiger charge is -2.16. The van der Waals surface area contributed by atoms with Gasteiger partial charge in [0.2, 0.25) is 0 Å². The second-order valence-electron chi connectivity index (χ2n) is 9.71. The van der Waals surface area contributed by atoms with Gasteiger partial charge in [-0.25, -0.2) is 0 Å². The van der Waals surface area contributed by atoms with Crippen LogP contribution in [0.4, 0.5) is 0 Å². The summed E-state index contributed by atoms with van der Waals surface area (Å²) < 4.78 is 4.79. The first-order valence-electron chi connectivity index (χ1n) is 12.9. The standard InChI is InChI=1S/C35H23N3/c1-5-13-32-28(9-1)29-10-2-6-14-33(29)37(32)26-21-25(24-17-19-36-20-18-24)22-27(23-26)38-34-15-7-3-11-30(34)31-12-4-8-16-35(31)38/h1-23H. The van der Waals surface area contributed by atoms with Gasteiger partial charge in [-0.2, -0.15) is 0 Å². The maximum absolute atomic E-state index is 4.27. The van der Waals surface area contributed by atoms with Crippen LogP contribution in [0, 0.1) is 0 Å². The second-order valence-corrected chi connectivity index (χ2v) is 9.71. The van der Waals surface area contributed by atoms with Crippen molar-refractivity contribution in [2.45, 2.75) is 0 Å². The van der Waals surface area contributed by atoms with E-state index < -0.39 is 0 Å². The Labute approximate surface area is 219 Å². The first-order valence-corrected chi connectivity index (χ1v) is 12.9. The van der Waals surface area contributed by atoms with E-state index in [9.17, 15) is 0 Å². The average molecular weight is 486 g/mol. The molecule has 0 fully saturated rings. The van der Waals surface area contributed by atoms with Crippen molar-refractivity contribution >= 4 is 43.6 Å². The fourth-order valence-electron chi connectivity index (χ4n) is 5.97. The van der Waals surface area contributed by atoms with E-state index in [1.165, 1.54) is 43.6 Å². The van der Waals surface area contributed by atoms with Gasteiger partial charge in [0.05, 0.1) is 22.1 Å². The number of hydrogen-bond acceptors (Lipinski definition) is 1. The number of para-hydroxylation sites is 4. The minimum Gasteiger partial charge on any atom is -0.309 e. The summed E-state index contributed by atoms with van der Waals surface area (Å²) in [6.07, 6.45) is 3.73. The van der Waals surface area contributed by atoms with Gasteiger partial charge in [0.25, 0.3) is 0 Å². The molecular formula is C35H23N3. The molecule has 0 atom stereocenters. The largest absolute Gasteiger partial charge is 0.309 e. The van der Waals surface area contributed by atoms with E-state index in [0.29, 0.717) is 0 Å². The third kappa shape index (κ3) is 3.06. The molecule has 0 spiro atoms. The summed E-state index contributed by atoms with van der Waals surface area (Å²) in [6, 6.07) is 45.8. The predicted octanol–water partition coefficient (Wildman–Crippen LogP) is 8.94. The van der Waals surface area contributed by atoms with Gasteiger partial charge in [-0.15, -0.1) is 0 Å². The van der Waals surface area contributed by atoms with Crippen LogP contribution in [0.1, 0.15) is 0 Å². The molecule has 0 bridgehead atoms. The molecule has 38 heavy (non-hydrogen) atoms. The Kier molecular flexibility index (Phi) is 4.52. The molecule has 0 saturated heterocycles. The zero-order valence-corrected chi connectivity index (χ0v) is 20.6. The molecule has 0 N–H and O–H groups in total. The monoisotopic (exact) mass is 485 g/mol. The predicted molar refractivity (Wildman–Crippen MR) is 158 cm³/mol. The molecule has 0 radical (unpaired) electrons. The van der Waals surface area contributed by atoms with Crippen molar-refractivity contribution in [3.8, 4) is 22.5 Å². The summed E-state index contributed by atoms with van der Waals surface area (Å²) in [6.45, 7) is 0. The van der Waals surface area contributed by atoms with Gasteiger partial charge in [-0.3, -0.25) is 4.98 Å². The number of hydrogen-bond donors (Lipinski definition) is 0. The molecule has 178 valence electrons. The lowest BCUT2D eigenvalue weighted by atomic mass is 10.0. The highest BCUT2D eigenvalue weighted by Gasteiger charge is 2.16. The van der Waals surface area contributed by atoms with Crippen LogP contribution in [0.3, 0.4) is 0 Å². The number of fused-ring (bicyclic) bond motifs is 6. The van der Waals surface area contributed by atoms with Crippen molar-refractivity contribution in [2.24, 2.45) is 0 Å². The van der Waals surface area contributed by atoms with E-state index in [0.717, 1.165) is 22.5 Å². The summed E-state index contributed by atoms with van der Waals surface area (Å²) in [5.74, 6) is 0. The molecule has 3 heterocycles. The SMILES string of the molecule is c1ccc2c(c1)c1ccccc1n2-c1cc(-c2ccncc2)cc(-n2c3ccccc3c3ccccc32)c1. The lowest BCUT2D eigenvalue weighted by molar-refractivity contribution is 1.13. The van der Waals surface area contributed by atoms with E-state index in [1.54, 1.807) is 0 Å². The number of pyridine rings is 1. The first-order chi connectivity index (χ1) is 18.9. The van der Waals surface area contributed by atoms with Gasteiger partial charge in [-0.1, -0.05) is 72.8 Å². The van der Waals surface area contributed by atoms with Crippen molar-refractivity contribution in [3.63, 3.8) is 0 Å². The topological polar surface area (TPSA) is 22.8 Å². The van der Waals surface area contributed by atoms with Crippen LogP contribution in [0.5, 0.6) is 0 Å². The van der Waals surface area contributed by atoms with Crippen LogP contribution in [0.2, 0.25) is 0 Å². The lowest BCUT2D eigenvalue weighted by Crippen LogP contribution is -2.00. The van der Waals surface area contributed by atoms with E-state index in [1.807, 2.05) is 12.4 Å². The summed E-state index contributed by atoms with van der Waals surface area (Å²) in [5.41, 5.74) is 9.38. The quantitative estimate of drug-likeness (QED) is 0.245. The van der Waals surface area contributed by atoms with Gasteiger partial charge < -0.3 is 9.13 Å². The third-order valence-corrected chi connectivity index (χ3v) is 7.59. The smallest absolute Gasteiger partial charge is 0.0541 e. The van der Waals surface area contributed by atoms with Gasteiger partial charge in [-0.05, 0) is 65.7 Å². The average Bonchev–Trinajstić information content (AvgIpc) is 3.51. The Morgan fingerprint density at radius 3 is 1.13 bits per heavy atom. The molecule has 3 heteroatoms. The Balaban J connectivity index is 1.51. The molecule has 0 aliphatic rings. The summed E-state index contributed by atoms with van der Waals surface area (Å²) in [5, 5.41) is 5.04. The van der Waals surface area contributed by atoms with Crippen molar-refractivity contribution in [1.82, 2.24) is 14.1 Å². The van der Waals surface area contributed by atoms with E-state index in [4.69, 9.17) is 0 Å². The van der Waals surface area contributed by atoms with Gasteiger partial charge >= 0.3 is 0 Å². The molecule has 0 saturated carbocycles. The van der Waals surface area contributed by atoms with Crippen molar-refractivity contribution in [1.29, 1.82) is 0 Å². The van der Waals surface area contributed by atoms with Crippen LogP contribution >= 0.6 is 0 Å². The molecule has 3 aromatic heterocycles. The van der Waals surface area contributed by atoms with E-state index in [-0.39, 0.29) is 0 Å². The molecule has 8 rings (SSSR count). The van der Waals surface area contributed by atoms with Crippen molar-refractivity contribution < 1.29 is 0 Å². The first kappa shape index (κ1) is 21.0. The van der Waals surface area contributed by atoms with Crippen LogP contribution in [-0.4, -0.2) is 14.1 Å². The number of benzene rings is 5. The second kappa shape index (κ2) is 8.19. The molecule has 5 aromatic carbocycles.